The van der Waals surface area contributed by atoms with Crippen LogP contribution in [0.2, 0.25) is 0 Å². The third-order valence-corrected chi connectivity index (χ3v) is 4.44. The Hall–Kier alpha value is -1.79. The lowest BCUT2D eigenvalue weighted by Gasteiger charge is -2.41. The van der Waals surface area contributed by atoms with E-state index in [-0.39, 0.29) is 29.8 Å². The number of guanidine groups is 1. The molecule has 2 heterocycles. The molecule has 1 atom stereocenters. The molecule has 0 bridgehead atoms. The van der Waals surface area contributed by atoms with Crippen LogP contribution >= 0.6 is 0 Å². The average Bonchev–Trinajstić information content (AvgIpc) is 2.83. The quantitative estimate of drug-likeness (QED) is 0.567. The number of likely N-dealkylation sites (N-methyl/N-ethyl adjacent to an activating group) is 1. The molecule has 0 aliphatic carbocycles. The Morgan fingerprint density at radius 3 is 2.78 bits per heavy atom. The summed E-state index contributed by atoms with van der Waals surface area (Å²) in [6.45, 7) is 6.72. The second kappa shape index (κ2) is 7.19. The van der Waals surface area contributed by atoms with Crippen molar-refractivity contribution in [3.05, 3.63) is 0 Å². The van der Waals surface area contributed by atoms with Gasteiger partial charge in [0, 0.05) is 51.6 Å². The second-order valence-corrected chi connectivity index (χ2v) is 7.21. The molecule has 7 heteroatoms. The van der Waals surface area contributed by atoms with Gasteiger partial charge in [-0.05, 0) is 26.7 Å². The van der Waals surface area contributed by atoms with Crippen LogP contribution in [0, 0.1) is 5.41 Å². The van der Waals surface area contributed by atoms with Gasteiger partial charge in [0.2, 0.25) is 11.8 Å². The zero-order valence-electron chi connectivity index (χ0n) is 14.7. The van der Waals surface area contributed by atoms with Gasteiger partial charge in [0.1, 0.15) is 6.54 Å². The Morgan fingerprint density at radius 2 is 2.22 bits per heavy atom. The first-order chi connectivity index (χ1) is 10.8. The van der Waals surface area contributed by atoms with E-state index in [1.165, 1.54) is 0 Å². The molecule has 130 valence electrons. The molecule has 2 aliphatic heterocycles. The van der Waals surface area contributed by atoms with Gasteiger partial charge in [0.25, 0.3) is 0 Å². The van der Waals surface area contributed by atoms with Gasteiger partial charge in [-0.3, -0.25) is 9.59 Å². The van der Waals surface area contributed by atoms with Gasteiger partial charge in [0.05, 0.1) is 0 Å². The van der Waals surface area contributed by atoms with Crippen LogP contribution in [0.5, 0.6) is 0 Å². The number of likely N-dealkylation sites (tertiary alicyclic amines) is 1. The van der Waals surface area contributed by atoms with Crippen molar-refractivity contribution in [1.29, 1.82) is 0 Å². The maximum absolute atomic E-state index is 11.8. The first-order valence-electron chi connectivity index (χ1n) is 8.34. The molecular formula is C16H29N5O2. The number of carbonyl (C=O) groups is 2. The van der Waals surface area contributed by atoms with Gasteiger partial charge in [-0.2, -0.15) is 0 Å². The highest BCUT2D eigenvalue weighted by Crippen LogP contribution is 2.36. The minimum Gasteiger partial charge on any atom is -0.355 e. The molecule has 2 amide bonds. The molecule has 0 aromatic rings. The van der Waals surface area contributed by atoms with Crippen molar-refractivity contribution in [2.24, 2.45) is 10.4 Å². The van der Waals surface area contributed by atoms with Gasteiger partial charge in [-0.15, -0.1) is 0 Å². The molecule has 1 unspecified atom stereocenters. The minimum absolute atomic E-state index is 0.0142. The van der Waals surface area contributed by atoms with E-state index in [1.807, 2.05) is 0 Å². The van der Waals surface area contributed by atoms with Crippen LogP contribution in [-0.2, 0) is 9.59 Å². The van der Waals surface area contributed by atoms with E-state index >= 15 is 0 Å². The summed E-state index contributed by atoms with van der Waals surface area (Å²) < 4.78 is 0. The zero-order valence-corrected chi connectivity index (χ0v) is 14.7. The summed E-state index contributed by atoms with van der Waals surface area (Å²) in [6.07, 6.45) is 2.69. The van der Waals surface area contributed by atoms with E-state index in [1.54, 1.807) is 19.0 Å². The average molecular weight is 323 g/mol. The maximum atomic E-state index is 11.8. The molecule has 2 aliphatic rings. The fraction of sp³-hybridized carbons (Fsp3) is 0.812. The van der Waals surface area contributed by atoms with E-state index in [9.17, 15) is 9.59 Å². The normalized spacial score (nSPS) is 25.0. The standard InChI is InChI=1S/C16H29N5O2/c1-12(2)19-15(17-9-14(23)20(3)4)21-7-5-6-16(11-21)8-13(22)18-10-16/h12H,5-11H2,1-4H3,(H,17,19)(H,18,22). The monoisotopic (exact) mass is 323 g/mol. The van der Waals surface area contributed by atoms with Crippen molar-refractivity contribution >= 4 is 17.8 Å². The van der Waals surface area contributed by atoms with Crippen LogP contribution in [0.3, 0.4) is 0 Å². The fourth-order valence-electron chi connectivity index (χ4n) is 3.21. The van der Waals surface area contributed by atoms with Gasteiger partial charge in [-0.1, -0.05) is 0 Å². The molecule has 2 rings (SSSR count). The molecular weight excluding hydrogens is 294 g/mol. The Morgan fingerprint density at radius 1 is 1.48 bits per heavy atom. The number of hydrogen-bond donors (Lipinski definition) is 2. The highest BCUT2D eigenvalue weighted by molar-refractivity contribution is 5.85. The number of amides is 2. The smallest absolute Gasteiger partial charge is 0.243 e. The van der Waals surface area contributed by atoms with Crippen LogP contribution < -0.4 is 10.6 Å². The SMILES string of the molecule is CC(C)NC(=NCC(=O)N(C)C)N1CCCC2(CNC(=O)C2)C1. The molecule has 0 aromatic carbocycles. The number of hydrogen-bond acceptors (Lipinski definition) is 3. The Labute approximate surface area is 138 Å². The van der Waals surface area contributed by atoms with Gasteiger partial charge in [-0.25, -0.2) is 4.99 Å². The number of rotatable bonds is 3. The van der Waals surface area contributed by atoms with Crippen LogP contribution in [-0.4, -0.2) is 73.9 Å². The van der Waals surface area contributed by atoms with Crippen LogP contribution in [0.25, 0.3) is 0 Å². The Balaban J connectivity index is 2.10. The van der Waals surface area contributed by atoms with E-state index in [0.29, 0.717) is 6.42 Å². The summed E-state index contributed by atoms with van der Waals surface area (Å²) in [5.41, 5.74) is 0.0142. The lowest BCUT2D eigenvalue weighted by molar-refractivity contribution is -0.127. The topological polar surface area (TPSA) is 77.0 Å². The first-order valence-corrected chi connectivity index (χ1v) is 8.34. The Bertz CT molecular complexity index is 489. The van der Waals surface area contributed by atoms with E-state index < -0.39 is 0 Å². The van der Waals surface area contributed by atoms with Crippen molar-refractivity contribution in [2.75, 3.05) is 40.3 Å². The predicted molar refractivity (Wildman–Crippen MR) is 90.1 cm³/mol. The zero-order chi connectivity index (χ0) is 17.0. The summed E-state index contributed by atoms with van der Waals surface area (Å²) in [7, 11) is 3.47. The van der Waals surface area contributed by atoms with Crippen LogP contribution in [0.15, 0.2) is 4.99 Å². The van der Waals surface area contributed by atoms with Crippen molar-refractivity contribution in [3.8, 4) is 0 Å². The maximum Gasteiger partial charge on any atom is 0.243 e. The molecule has 23 heavy (non-hydrogen) atoms. The van der Waals surface area contributed by atoms with Crippen LogP contribution in [0.1, 0.15) is 33.1 Å². The van der Waals surface area contributed by atoms with Crippen molar-refractivity contribution < 1.29 is 9.59 Å². The minimum atomic E-state index is -0.0162. The summed E-state index contributed by atoms with van der Waals surface area (Å²) in [4.78, 5) is 31.7. The number of aliphatic imine (C=N–C) groups is 1. The molecule has 7 nitrogen and oxygen atoms in total. The predicted octanol–water partition coefficient (Wildman–Crippen LogP) is 0.0307. The molecule has 0 radical (unpaired) electrons. The number of piperidine rings is 1. The van der Waals surface area contributed by atoms with Crippen molar-refractivity contribution in [2.45, 2.75) is 39.2 Å². The summed E-state index contributed by atoms with van der Waals surface area (Å²) in [5.74, 6) is 0.899. The highest BCUT2D eigenvalue weighted by Gasteiger charge is 2.42. The molecule has 0 aromatic heterocycles. The highest BCUT2D eigenvalue weighted by atomic mass is 16.2. The van der Waals surface area contributed by atoms with Gasteiger partial charge in [0.15, 0.2) is 5.96 Å². The molecule has 0 saturated carbocycles. The largest absolute Gasteiger partial charge is 0.355 e. The van der Waals surface area contributed by atoms with Gasteiger partial charge < -0.3 is 20.4 Å². The molecule has 2 fully saturated rings. The number of nitrogens with one attached hydrogen (secondary N) is 2. The Kier molecular flexibility index (Phi) is 5.49. The molecule has 2 N–H and O–H groups in total. The van der Waals surface area contributed by atoms with Gasteiger partial charge >= 0.3 is 0 Å². The molecule has 2 saturated heterocycles. The molecule has 1 spiro atoms. The fourth-order valence-corrected chi connectivity index (χ4v) is 3.21. The number of carbonyl (C=O) groups excluding carboxylic acids is 2. The van der Waals surface area contributed by atoms with E-state index in [0.717, 1.165) is 38.4 Å². The second-order valence-electron chi connectivity index (χ2n) is 7.21. The number of nitrogens with zero attached hydrogens (tertiary/aromatic N) is 3. The van der Waals surface area contributed by atoms with Crippen molar-refractivity contribution in [1.82, 2.24) is 20.4 Å². The lowest BCUT2D eigenvalue weighted by atomic mass is 9.79. The first kappa shape index (κ1) is 17.6. The van der Waals surface area contributed by atoms with E-state index in [2.05, 4.69) is 34.4 Å². The summed E-state index contributed by atoms with van der Waals surface area (Å²) in [5, 5.41) is 6.32. The summed E-state index contributed by atoms with van der Waals surface area (Å²) in [6, 6.07) is 0.240. The van der Waals surface area contributed by atoms with Crippen LogP contribution in [0.4, 0.5) is 0 Å². The third-order valence-electron chi connectivity index (χ3n) is 4.44. The van der Waals surface area contributed by atoms with E-state index in [4.69, 9.17) is 0 Å². The summed E-state index contributed by atoms with van der Waals surface area (Å²) >= 11 is 0. The third kappa shape index (κ3) is 4.59. The lowest BCUT2D eigenvalue weighted by Crippen LogP contribution is -2.52. The van der Waals surface area contributed by atoms with Crippen molar-refractivity contribution in [3.63, 3.8) is 0 Å².